The molecule has 0 spiro atoms. The third-order valence-electron chi connectivity index (χ3n) is 5.04. The van der Waals surface area contributed by atoms with Crippen LogP contribution in [-0.4, -0.2) is 4.40 Å². The lowest BCUT2D eigenvalue weighted by Gasteiger charge is -2.17. The molecule has 0 amide bonds. The lowest BCUT2D eigenvalue weighted by molar-refractivity contribution is -0.614. The van der Waals surface area contributed by atoms with E-state index in [0.29, 0.717) is 0 Å². The van der Waals surface area contributed by atoms with Gasteiger partial charge >= 0.3 is 5.69 Å². The highest BCUT2D eigenvalue weighted by molar-refractivity contribution is 5.98. The summed E-state index contributed by atoms with van der Waals surface area (Å²) < 4.78 is 3.57. The number of benzene rings is 2. The molecule has 0 aliphatic heterocycles. The maximum Gasteiger partial charge on any atom is 0.508 e. The van der Waals surface area contributed by atoms with Crippen molar-refractivity contribution in [1.29, 1.82) is 0 Å². The van der Waals surface area contributed by atoms with Gasteiger partial charge in [0.2, 0.25) is 0 Å². The second-order valence-electron chi connectivity index (χ2n) is 6.38. The van der Waals surface area contributed by atoms with Crippen molar-refractivity contribution in [3.8, 4) is 5.69 Å². The fourth-order valence-electron chi connectivity index (χ4n) is 3.95. The first-order valence-corrected chi connectivity index (χ1v) is 8.22. The minimum absolute atomic E-state index is 0.00513. The summed E-state index contributed by atoms with van der Waals surface area (Å²) in [6, 6.07) is 14.2. The highest BCUT2D eigenvalue weighted by Crippen LogP contribution is 2.31. The van der Waals surface area contributed by atoms with E-state index in [1.165, 1.54) is 34.7 Å². The van der Waals surface area contributed by atoms with Crippen LogP contribution in [0.2, 0.25) is 0 Å². The Balaban J connectivity index is 1.95. The zero-order chi connectivity index (χ0) is 15.4. The molecular formula is C20H17N2O+. The van der Waals surface area contributed by atoms with Crippen molar-refractivity contribution in [1.82, 2.24) is 4.40 Å². The van der Waals surface area contributed by atoms with Gasteiger partial charge in [-0.05, 0) is 61.1 Å². The third kappa shape index (κ3) is 1.76. The van der Waals surface area contributed by atoms with Gasteiger partial charge in [0, 0.05) is 5.39 Å². The van der Waals surface area contributed by atoms with Crippen molar-refractivity contribution in [2.75, 3.05) is 0 Å². The van der Waals surface area contributed by atoms with E-state index < -0.39 is 0 Å². The van der Waals surface area contributed by atoms with Crippen molar-refractivity contribution in [2.24, 2.45) is 0 Å². The largest absolute Gasteiger partial charge is 0.508 e. The quantitative estimate of drug-likeness (QED) is 0.496. The number of hydrogen-bond acceptors (Lipinski definition) is 1. The van der Waals surface area contributed by atoms with Gasteiger partial charge in [0.25, 0.3) is 0 Å². The van der Waals surface area contributed by atoms with Gasteiger partial charge < -0.3 is 0 Å². The van der Waals surface area contributed by atoms with Crippen LogP contribution in [0, 0.1) is 0 Å². The summed E-state index contributed by atoms with van der Waals surface area (Å²) >= 11 is 0. The molecule has 4 aromatic rings. The molecule has 0 atom stereocenters. The standard InChI is InChI=1S/C20H17N2O/c23-20-21-11-10-15-12-14-6-4-5-9-17(14)18(19(15)21)13-22(20)16-7-2-1-3-8-16/h1-3,7-8,10-13H,4-6,9H2/q+1. The number of aromatic nitrogens is 2. The number of para-hydroxylation sites is 1. The average Bonchev–Trinajstić information content (AvgIpc) is 3.03. The Kier molecular flexibility index (Phi) is 2.60. The van der Waals surface area contributed by atoms with Gasteiger partial charge in [-0.25, -0.2) is 0 Å². The van der Waals surface area contributed by atoms with Crippen molar-refractivity contribution >= 4 is 16.3 Å². The number of fused-ring (bicyclic) bond motifs is 2. The van der Waals surface area contributed by atoms with Crippen molar-refractivity contribution in [3.05, 3.63) is 76.5 Å². The molecule has 23 heavy (non-hydrogen) atoms. The van der Waals surface area contributed by atoms with Gasteiger partial charge in [-0.3, -0.25) is 0 Å². The fourth-order valence-corrected chi connectivity index (χ4v) is 3.95. The molecule has 0 unspecified atom stereocenters. The Morgan fingerprint density at radius 2 is 1.83 bits per heavy atom. The summed E-state index contributed by atoms with van der Waals surface area (Å²) in [5, 5.41) is 2.41. The molecule has 0 bridgehead atoms. The van der Waals surface area contributed by atoms with E-state index in [1.807, 2.05) is 42.7 Å². The minimum atomic E-state index is -0.00513. The van der Waals surface area contributed by atoms with E-state index in [9.17, 15) is 4.79 Å². The van der Waals surface area contributed by atoms with Gasteiger partial charge in [0.1, 0.15) is 18.1 Å². The van der Waals surface area contributed by atoms with Crippen LogP contribution in [0.4, 0.5) is 0 Å². The van der Waals surface area contributed by atoms with Gasteiger partial charge in [0.15, 0.2) is 5.52 Å². The van der Waals surface area contributed by atoms with E-state index in [0.717, 1.165) is 24.0 Å². The van der Waals surface area contributed by atoms with Gasteiger partial charge in [-0.2, -0.15) is 13.8 Å². The molecule has 112 valence electrons. The Labute approximate surface area is 133 Å². The smallest absolute Gasteiger partial charge is 0.196 e. The van der Waals surface area contributed by atoms with E-state index in [2.05, 4.69) is 12.1 Å². The highest BCUT2D eigenvalue weighted by Gasteiger charge is 2.23. The molecule has 0 saturated heterocycles. The number of nitrogens with zero attached hydrogens (tertiary/aromatic N) is 2. The topological polar surface area (TPSA) is 25.4 Å². The molecule has 0 radical (unpaired) electrons. The molecule has 0 fully saturated rings. The molecule has 2 aromatic heterocycles. The molecule has 0 N–H and O–H groups in total. The molecule has 1 aliphatic carbocycles. The summed E-state index contributed by atoms with van der Waals surface area (Å²) in [7, 11) is 0. The lowest BCUT2D eigenvalue weighted by Crippen LogP contribution is -2.50. The number of aryl methyl sites for hydroxylation is 2. The van der Waals surface area contributed by atoms with Gasteiger partial charge in [-0.1, -0.05) is 18.2 Å². The van der Waals surface area contributed by atoms with Crippen LogP contribution in [-0.2, 0) is 12.8 Å². The zero-order valence-corrected chi connectivity index (χ0v) is 12.8. The summed E-state index contributed by atoms with van der Waals surface area (Å²) in [6.45, 7) is 0. The van der Waals surface area contributed by atoms with Crippen LogP contribution in [0.5, 0.6) is 0 Å². The fraction of sp³-hybridized carbons (Fsp3) is 0.200. The monoisotopic (exact) mass is 301 g/mol. The van der Waals surface area contributed by atoms with Crippen molar-refractivity contribution in [2.45, 2.75) is 25.7 Å². The molecule has 5 rings (SSSR count). The highest BCUT2D eigenvalue weighted by atomic mass is 16.1. The van der Waals surface area contributed by atoms with E-state index in [1.54, 1.807) is 8.97 Å². The van der Waals surface area contributed by atoms with Crippen LogP contribution in [0.15, 0.2) is 59.7 Å². The average molecular weight is 301 g/mol. The number of rotatable bonds is 1. The molecule has 2 aromatic carbocycles. The minimum Gasteiger partial charge on any atom is -0.196 e. The van der Waals surface area contributed by atoms with Crippen LogP contribution in [0.25, 0.3) is 22.0 Å². The lowest BCUT2D eigenvalue weighted by atomic mass is 9.88. The predicted molar refractivity (Wildman–Crippen MR) is 90.5 cm³/mol. The first kappa shape index (κ1) is 12.8. The number of hydrogen-bond donors (Lipinski definition) is 0. The second kappa shape index (κ2) is 4.66. The van der Waals surface area contributed by atoms with Crippen LogP contribution >= 0.6 is 0 Å². The molecule has 2 heterocycles. The van der Waals surface area contributed by atoms with Crippen LogP contribution < -0.4 is 10.3 Å². The van der Waals surface area contributed by atoms with E-state index in [4.69, 9.17) is 0 Å². The molecule has 3 heteroatoms. The normalized spacial score (nSPS) is 14.4. The van der Waals surface area contributed by atoms with Gasteiger partial charge in [-0.15, -0.1) is 0 Å². The summed E-state index contributed by atoms with van der Waals surface area (Å²) in [6.07, 6.45) is 8.71. The van der Waals surface area contributed by atoms with Crippen molar-refractivity contribution < 1.29 is 4.57 Å². The first-order valence-electron chi connectivity index (χ1n) is 8.22. The van der Waals surface area contributed by atoms with E-state index >= 15 is 0 Å². The van der Waals surface area contributed by atoms with Gasteiger partial charge in [0.05, 0.1) is 5.39 Å². The predicted octanol–water partition coefficient (Wildman–Crippen LogP) is 3.05. The Hall–Kier alpha value is -2.68. The Morgan fingerprint density at radius 3 is 2.70 bits per heavy atom. The van der Waals surface area contributed by atoms with Crippen molar-refractivity contribution in [3.63, 3.8) is 0 Å². The van der Waals surface area contributed by atoms with Crippen LogP contribution in [0.3, 0.4) is 0 Å². The SMILES string of the molecule is O=c1n2ccc3cc4c(c(c[n+]1-c1ccccc1)c32)CCCC4. The Morgan fingerprint density at radius 1 is 1.00 bits per heavy atom. The van der Waals surface area contributed by atoms with Crippen LogP contribution in [0.1, 0.15) is 24.0 Å². The summed E-state index contributed by atoms with van der Waals surface area (Å²) in [4.78, 5) is 12.9. The molecule has 1 aliphatic rings. The third-order valence-corrected chi connectivity index (χ3v) is 5.04. The molecular weight excluding hydrogens is 284 g/mol. The first-order chi connectivity index (χ1) is 11.3. The summed E-state index contributed by atoms with van der Waals surface area (Å²) in [5.41, 5.74) is 4.86. The Bertz CT molecular complexity index is 1080. The maximum absolute atomic E-state index is 12.9. The maximum atomic E-state index is 12.9. The molecule has 3 nitrogen and oxygen atoms in total. The summed E-state index contributed by atoms with van der Waals surface area (Å²) in [5.74, 6) is 0. The zero-order valence-electron chi connectivity index (χ0n) is 12.8. The second-order valence-corrected chi connectivity index (χ2v) is 6.38. The van der Waals surface area contributed by atoms with E-state index in [-0.39, 0.29) is 5.69 Å². The molecule has 0 saturated carbocycles.